The van der Waals surface area contributed by atoms with Gasteiger partial charge in [-0.3, -0.25) is 9.79 Å². The second-order valence-corrected chi connectivity index (χ2v) is 8.86. The molecule has 3 aromatic rings. The van der Waals surface area contributed by atoms with Gasteiger partial charge >= 0.3 is 5.97 Å². The van der Waals surface area contributed by atoms with Crippen LogP contribution in [0.25, 0.3) is 23.2 Å². The molecule has 0 amide bonds. The van der Waals surface area contributed by atoms with Crippen LogP contribution in [0.3, 0.4) is 0 Å². The smallest absolute Gasteiger partial charge is 0.305 e. The largest absolute Gasteiger partial charge is 0.493 e. The van der Waals surface area contributed by atoms with Crippen LogP contribution >= 0.6 is 11.5 Å². The van der Waals surface area contributed by atoms with Crippen molar-refractivity contribution in [3.63, 3.8) is 0 Å². The molecule has 0 saturated heterocycles. The van der Waals surface area contributed by atoms with Crippen LogP contribution < -0.4 is 25.1 Å². The van der Waals surface area contributed by atoms with Crippen molar-refractivity contribution in [3.8, 4) is 5.75 Å². The van der Waals surface area contributed by atoms with E-state index in [9.17, 15) is 9.90 Å². The highest BCUT2D eigenvalue weighted by Crippen LogP contribution is 2.33. The standard InChI is InChI=1S/C23H26N6O3S/c30-22(31)11-20(29-8-4-21-15(14-29)12-28-33-21)18-13-27-19-10-16(2-3-17(18)19)32-9-1-5-24-23-25-6-7-26-23/h2-4,10,12-14,20,27H,1,5-9,11H2,(H,30,31)(H2,24,25,26). The summed E-state index contributed by atoms with van der Waals surface area (Å²) in [4.78, 5) is 21.4. The summed E-state index contributed by atoms with van der Waals surface area (Å²) in [7, 11) is 0. The first-order valence-electron chi connectivity index (χ1n) is 11.0. The minimum Gasteiger partial charge on any atom is -0.493 e. The van der Waals surface area contributed by atoms with Gasteiger partial charge in [-0.1, -0.05) is 0 Å². The fraction of sp³-hybridized carbons (Fsp3) is 0.348. The van der Waals surface area contributed by atoms with Gasteiger partial charge in [-0.05, 0) is 36.2 Å². The average molecular weight is 467 g/mol. The maximum absolute atomic E-state index is 11.7. The zero-order valence-electron chi connectivity index (χ0n) is 18.1. The predicted molar refractivity (Wildman–Crippen MR) is 129 cm³/mol. The van der Waals surface area contributed by atoms with Crippen molar-refractivity contribution in [1.29, 1.82) is 0 Å². The first-order chi connectivity index (χ1) is 16.2. The van der Waals surface area contributed by atoms with Gasteiger partial charge in [-0.15, -0.1) is 0 Å². The Balaban J connectivity index is 1.28. The molecule has 1 atom stereocenters. The Hall–Kier alpha value is -3.53. The van der Waals surface area contributed by atoms with Crippen molar-refractivity contribution >= 4 is 46.6 Å². The minimum absolute atomic E-state index is 0.00952. The first-order valence-corrected chi connectivity index (χ1v) is 11.8. The zero-order valence-corrected chi connectivity index (χ0v) is 18.9. The third kappa shape index (κ3) is 4.80. The molecule has 9 nitrogen and oxygen atoms in total. The van der Waals surface area contributed by atoms with Crippen LogP contribution in [0, 0.1) is 0 Å². The Morgan fingerprint density at radius 2 is 2.33 bits per heavy atom. The Morgan fingerprint density at radius 3 is 3.18 bits per heavy atom. The van der Waals surface area contributed by atoms with Crippen LogP contribution in [-0.4, -0.2) is 64.1 Å². The molecule has 4 heterocycles. The molecule has 172 valence electrons. The van der Waals surface area contributed by atoms with Gasteiger partial charge in [0.05, 0.1) is 30.1 Å². The molecule has 2 aliphatic heterocycles. The Morgan fingerprint density at radius 1 is 1.39 bits per heavy atom. The number of hydrogen-bond acceptors (Lipinski definition) is 8. The monoisotopic (exact) mass is 466 g/mol. The van der Waals surface area contributed by atoms with Gasteiger partial charge in [0.1, 0.15) is 5.75 Å². The molecule has 0 spiro atoms. The molecule has 5 rings (SSSR count). The lowest BCUT2D eigenvalue weighted by molar-refractivity contribution is -0.138. The summed E-state index contributed by atoms with van der Waals surface area (Å²) in [5.41, 5.74) is 1.89. The number of aliphatic carboxylic acids is 1. The number of rotatable bonds is 9. The van der Waals surface area contributed by atoms with E-state index in [-0.39, 0.29) is 12.5 Å². The van der Waals surface area contributed by atoms with E-state index in [2.05, 4.69) is 36.0 Å². The van der Waals surface area contributed by atoms with Crippen LogP contribution in [0.15, 0.2) is 35.6 Å². The lowest BCUT2D eigenvalue weighted by Gasteiger charge is -2.29. The highest BCUT2D eigenvalue weighted by molar-refractivity contribution is 7.03. The maximum atomic E-state index is 11.7. The van der Waals surface area contributed by atoms with Gasteiger partial charge in [0.2, 0.25) is 0 Å². The highest BCUT2D eigenvalue weighted by atomic mass is 32.1. The van der Waals surface area contributed by atoms with Gasteiger partial charge in [-0.2, -0.15) is 4.37 Å². The van der Waals surface area contributed by atoms with Crippen molar-refractivity contribution in [2.45, 2.75) is 18.9 Å². The fourth-order valence-electron chi connectivity index (χ4n) is 4.19. The lowest BCUT2D eigenvalue weighted by atomic mass is 10.0. The summed E-state index contributed by atoms with van der Waals surface area (Å²) < 4.78 is 11.3. The zero-order chi connectivity index (χ0) is 22.6. The number of nitrogens with one attached hydrogen (secondary N) is 3. The number of aromatic amines is 1. The quantitative estimate of drug-likeness (QED) is 0.348. The van der Waals surface area contributed by atoms with Gasteiger partial charge in [-0.25, -0.2) is 0 Å². The number of aliphatic imine (C=N–C) groups is 1. The summed E-state index contributed by atoms with van der Waals surface area (Å²) in [6, 6.07) is 5.64. The Bertz CT molecular complexity index is 1300. The molecular weight excluding hydrogens is 440 g/mol. The summed E-state index contributed by atoms with van der Waals surface area (Å²) in [6.45, 7) is 3.75. The fourth-order valence-corrected chi connectivity index (χ4v) is 4.83. The second kappa shape index (κ2) is 9.53. The number of carbonyl (C=O) groups is 1. The van der Waals surface area contributed by atoms with Crippen LogP contribution in [0.2, 0.25) is 0 Å². The molecule has 0 radical (unpaired) electrons. The number of aromatic nitrogens is 2. The number of hydrogen-bond donors (Lipinski definition) is 4. The summed E-state index contributed by atoms with van der Waals surface area (Å²) in [5.74, 6) is 0.819. The van der Waals surface area contributed by atoms with Crippen molar-refractivity contribution in [2.75, 3.05) is 32.8 Å². The molecule has 0 aliphatic carbocycles. The van der Waals surface area contributed by atoms with E-state index < -0.39 is 5.97 Å². The van der Waals surface area contributed by atoms with E-state index in [4.69, 9.17) is 4.74 Å². The topological polar surface area (TPSA) is 115 Å². The molecule has 0 fully saturated rings. The van der Waals surface area contributed by atoms with E-state index in [0.29, 0.717) is 13.2 Å². The van der Waals surface area contributed by atoms with E-state index in [1.54, 1.807) is 0 Å². The molecule has 0 bridgehead atoms. The van der Waals surface area contributed by atoms with Gasteiger partial charge < -0.3 is 30.4 Å². The van der Waals surface area contributed by atoms with Gasteiger partial charge in [0.15, 0.2) is 5.96 Å². The van der Waals surface area contributed by atoms with E-state index >= 15 is 0 Å². The third-order valence-corrected chi connectivity index (χ3v) is 6.60. The predicted octanol–water partition coefficient (Wildman–Crippen LogP) is 0.992. The van der Waals surface area contributed by atoms with Crippen LogP contribution in [0.1, 0.15) is 24.4 Å². The van der Waals surface area contributed by atoms with Crippen LogP contribution in [0.5, 0.6) is 5.75 Å². The number of H-pyrrole nitrogens is 1. The number of carboxylic acids is 1. The first kappa shape index (κ1) is 21.3. The average Bonchev–Trinajstić information content (AvgIpc) is 3.57. The molecule has 33 heavy (non-hydrogen) atoms. The van der Waals surface area contributed by atoms with Crippen molar-refractivity contribution in [3.05, 3.63) is 45.9 Å². The molecule has 10 heteroatoms. The number of guanidine groups is 1. The molecule has 2 aliphatic rings. The van der Waals surface area contributed by atoms with E-state index in [0.717, 1.165) is 64.0 Å². The van der Waals surface area contributed by atoms with E-state index in [1.807, 2.05) is 36.8 Å². The summed E-state index contributed by atoms with van der Waals surface area (Å²) >= 11 is 1.46. The van der Waals surface area contributed by atoms with Crippen LogP contribution in [-0.2, 0) is 4.79 Å². The molecule has 2 aromatic heterocycles. The number of nitrogens with zero attached hydrogens (tertiary/aromatic N) is 3. The van der Waals surface area contributed by atoms with Crippen LogP contribution in [0.4, 0.5) is 0 Å². The lowest BCUT2D eigenvalue weighted by Crippen LogP contribution is -2.35. The number of carboxylic acid groups (broad SMARTS) is 1. The van der Waals surface area contributed by atoms with Crippen molar-refractivity contribution in [1.82, 2.24) is 24.9 Å². The molecular formula is C23H26N6O3S. The minimum atomic E-state index is -0.829. The normalized spacial score (nSPS) is 15.8. The number of benzene rings is 1. The van der Waals surface area contributed by atoms with Gasteiger partial charge in [0, 0.05) is 66.0 Å². The molecule has 0 saturated carbocycles. The molecule has 4 N–H and O–H groups in total. The van der Waals surface area contributed by atoms with Crippen molar-refractivity contribution in [2.24, 2.45) is 4.99 Å². The molecule has 1 unspecified atom stereocenters. The summed E-state index contributed by atoms with van der Waals surface area (Å²) in [6.07, 6.45) is 8.73. The number of ether oxygens (including phenoxy) is 1. The second-order valence-electron chi connectivity index (χ2n) is 8.03. The van der Waals surface area contributed by atoms with E-state index in [1.165, 1.54) is 11.5 Å². The Kier molecular flexibility index (Phi) is 6.16. The highest BCUT2D eigenvalue weighted by Gasteiger charge is 2.25. The molecule has 1 aromatic carbocycles. The number of fused-ring (bicyclic) bond motifs is 2. The SMILES string of the molecule is O=C(O)CC(c1c[nH]c2cc(OCCCNC3=NCCN3)ccc12)N1C=c2cnsc2=CC1. The third-order valence-electron chi connectivity index (χ3n) is 5.79. The summed E-state index contributed by atoms with van der Waals surface area (Å²) in [5, 5.41) is 18.1. The Labute approximate surface area is 194 Å². The van der Waals surface area contributed by atoms with Gasteiger partial charge in [0.25, 0.3) is 0 Å². The van der Waals surface area contributed by atoms with Crippen molar-refractivity contribution < 1.29 is 14.6 Å². The maximum Gasteiger partial charge on any atom is 0.305 e.